The van der Waals surface area contributed by atoms with Crippen LogP contribution in [0.5, 0.6) is 0 Å². The van der Waals surface area contributed by atoms with Gasteiger partial charge in [0.15, 0.2) is 6.29 Å². The number of hydrogen-bond acceptors (Lipinski definition) is 2. The van der Waals surface area contributed by atoms with Gasteiger partial charge in [-0.15, -0.1) is 0 Å². The van der Waals surface area contributed by atoms with Gasteiger partial charge in [-0.05, 0) is 55.5 Å². The molecule has 0 aliphatic carbocycles. The molecule has 2 rings (SSSR count). The number of halogens is 2. The first kappa shape index (κ1) is 14.9. The Hall–Kier alpha value is -0.540. The van der Waals surface area contributed by atoms with Gasteiger partial charge in [0.25, 0.3) is 0 Å². The van der Waals surface area contributed by atoms with Crippen molar-refractivity contribution in [3.8, 4) is 0 Å². The average Bonchev–Trinajstić information content (AvgIpc) is 2.38. The molecule has 1 aromatic carbocycles. The highest BCUT2D eigenvalue weighted by Crippen LogP contribution is 2.24. The average molecular weight is 301 g/mol. The van der Waals surface area contributed by atoms with Crippen LogP contribution in [0, 0.1) is 0 Å². The van der Waals surface area contributed by atoms with Gasteiger partial charge in [-0.3, -0.25) is 0 Å². The summed E-state index contributed by atoms with van der Waals surface area (Å²) in [6.07, 6.45) is 5.27. The summed E-state index contributed by atoms with van der Waals surface area (Å²) in [5, 5.41) is 1.29. The fourth-order valence-corrected chi connectivity index (χ4v) is 2.55. The van der Waals surface area contributed by atoms with E-state index in [1.54, 1.807) is 6.07 Å². The first-order valence-electron chi connectivity index (χ1n) is 6.51. The molecule has 2 nitrogen and oxygen atoms in total. The van der Waals surface area contributed by atoms with Gasteiger partial charge < -0.3 is 9.47 Å². The smallest absolute Gasteiger partial charge is 0.157 e. The summed E-state index contributed by atoms with van der Waals surface area (Å²) in [5.41, 5.74) is 2.12. The third kappa shape index (κ3) is 4.81. The Bertz CT molecular complexity index is 431. The van der Waals surface area contributed by atoms with Gasteiger partial charge in [0.05, 0.1) is 6.61 Å². The van der Waals surface area contributed by atoms with E-state index in [0.717, 1.165) is 30.6 Å². The fourth-order valence-electron chi connectivity index (χ4n) is 2.02. The molecule has 1 atom stereocenters. The van der Waals surface area contributed by atoms with Crippen molar-refractivity contribution in [3.05, 3.63) is 39.9 Å². The quantitative estimate of drug-likeness (QED) is 0.784. The summed E-state index contributed by atoms with van der Waals surface area (Å²) in [4.78, 5) is 0. The van der Waals surface area contributed by atoms with E-state index in [-0.39, 0.29) is 6.29 Å². The lowest BCUT2D eigenvalue weighted by atomic mass is 10.1. The molecule has 0 bridgehead atoms. The van der Waals surface area contributed by atoms with Crippen LogP contribution in [0.2, 0.25) is 10.0 Å². The minimum Gasteiger partial charge on any atom is -0.353 e. The van der Waals surface area contributed by atoms with Crippen molar-refractivity contribution in [2.45, 2.75) is 32.5 Å². The Morgan fingerprint density at radius 2 is 2.05 bits per heavy atom. The zero-order valence-corrected chi connectivity index (χ0v) is 12.5. The number of rotatable bonds is 4. The van der Waals surface area contributed by atoms with E-state index in [2.05, 4.69) is 0 Å². The number of allylic oxidation sites excluding steroid dienone is 1. The summed E-state index contributed by atoms with van der Waals surface area (Å²) in [6.45, 7) is 3.37. The number of benzene rings is 1. The number of hydrogen-bond donors (Lipinski definition) is 0. The zero-order valence-electron chi connectivity index (χ0n) is 11.0. The summed E-state index contributed by atoms with van der Waals surface area (Å²) in [5.74, 6) is 0. The van der Waals surface area contributed by atoms with E-state index >= 15 is 0 Å². The second kappa shape index (κ2) is 7.30. The summed E-state index contributed by atoms with van der Waals surface area (Å²) >= 11 is 12.0. The van der Waals surface area contributed by atoms with Gasteiger partial charge in [-0.25, -0.2) is 0 Å². The first-order valence-corrected chi connectivity index (χ1v) is 7.27. The highest BCUT2D eigenvalue weighted by molar-refractivity contribution is 6.34. The molecule has 0 aromatic heterocycles. The molecule has 104 valence electrons. The Labute approximate surface area is 124 Å². The molecule has 1 aliphatic rings. The van der Waals surface area contributed by atoms with Crippen molar-refractivity contribution in [3.63, 3.8) is 0 Å². The van der Waals surface area contributed by atoms with E-state index in [9.17, 15) is 0 Å². The molecule has 0 amide bonds. The molecule has 1 fully saturated rings. The molecule has 1 unspecified atom stereocenters. The van der Waals surface area contributed by atoms with Crippen LogP contribution >= 0.6 is 23.2 Å². The predicted molar refractivity (Wildman–Crippen MR) is 79.7 cm³/mol. The number of ether oxygens (including phenoxy) is 2. The van der Waals surface area contributed by atoms with Gasteiger partial charge >= 0.3 is 0 Å². The molecule has 1 saturated heterocycles. The van der Waals surface area contributed by atoms with E-state index < -0.39 is 0 Å². The van der Waals surface area contributed by atoms with Crippen LogP contribution in [0.15, 0.2) is 24.3 Å². The lowest BCUT2D eigenvalue weighted by Crippen LogP contribution is -2.22. The maximum atomic E-state index is 5.99. The molecular formula is C15H18Cl2O2. The minimum absolute atomic E-state index is 0.0549. The van der Waals surface area contributed by atoms with E-state index in [1.165, 1.54) is 6.42 Å². The van der Waals surface area contributed by atoms with Crippen LogP contribution in [-0.2, 0) is 9.47 Å². The molecular weight excluding hydrogens is 283 g/mol. The molecule has 0 radical (unpaired) electrons. The summed E-state index contributed by atoms with van der Waals surface area (Å²) in [7, 11) is 0. The normalized spacial score (nSPS) is 20.6. The lowest BCUT2D eigenvalue weighted by molar-refractivity contribution is -0.155. The van der Waals surface area contributed by atoms with Crippen molar-refractivity contribution in [2.24, 2.45) is 0 Å². The van der Waals surface area contributed by atoms with Crippen LogP contribution in [0.4, 0.5) is 0 Å². The molecule has 1 aliphatic heterocycles. The van der Waals surface area contributed by atoms with Gasteiger partial charge in [0.2, 0.25) is 0 Å². The molecule has 19 heavy (non-hydrogen) atoms. The van der Waals surface area contributed by atoms with Gasteiger partial charge in [-0.2, -0.15) is 0 Å². The second-order valence-corrected chi connectivity index (χ2v) is 5.55. The second-order valence-electron chi connectivity index (χ2n) is 4.67. The Kier molecular flexibility index (Phi) is 5.71. The van der Waals surface area contributed by atoms with Crippen LogP contribution in [0.25, 0.3) is 5.57 Å². The highest BCUT2D eigenvalue weighted by Gasteiger charge is 2.13. The van der Waals surface area contributed by atoms with Crippen molar-refractivity contribution in [1.29, 1.82) is 0 Å². The molecule has 1 aromatic rings. The van der Waals surface area contributed by atoms with Crippen molar-refractivity contribution in [1.82, 2.24) is 0 Å². The summed E-state index contributed by atoms with van der Waals surface area (Å²) < 4.78 is 11.2. The van der Waals surface area contributed by atoms with Crippen molar-refractivity contribution < 1.29 is 9.47 Å². The maximum Gasteiger partial charge on any atom is 0.157 e. The lowest BCUT2D eigenvalue weighted by Gasteiger charge is -2.22. The van der Waals surface area contributed by atoms with E-state index in [1.807, 2.05) is 25.1 Å². The largest absolute Gasteiger partial charge is 0.353 e. The van der Waals surface area contributed by atoms with Crippen molar-refractivity contribution >= 4 is 28.8 Å². The van der Waals surface area contributed by atoms with E-state index in [4.69, 9.17) is 32.7 Å². The maximum absolute atomic E-state index is 5.99. The zero-order chi connectivity index (χ0) is 13.7. The minimum atomic E-state index is -0.0549. The monoisotopic (exact) mass is 300 g/mol. The standard InChI is InChI=1S/C15H18Cl2O2/c1-11(12-8-13(16)10-14(17)9-12)5-7-19-15-4-2-3-6-18-15/h5,8-10,15H,2-4,6-7H2,1H3/b11-5+. The van der Waals surface area contributed by atoms with E-state index in [0.29, 0.717) is 16.7 Å². The molecule has 1 heterocycles. The SMILES string of the molecule is C/C(=C\COC1CCCCO1)c1cc(Cl)cc(Cl)c1. The Morgan fingerprint density at radius 1 is 1.32 bits per heavy atom. The topological polar surface area (TPSA) is 18.5 Å². The molecule has 0 saturated carbocycles. The van der Waals surface area contributed by atoms with Gasteiger partial charge in [0, 0.05) is 16.7 Å². The van der Waals surface area contributed by atoms with Crippen LogP contribution in [0.1, 0.15) is 31.7 Å². The predicted octanol–water partition coefficient (Wildman–Crippen LogP) is 4.94. The van der Waals surface area contributed by atoms with Crippen LogP contribution < -0.4 is 0 Å². The fraction of sp³-hybridized carbons (Fsp3) is 0.467. The van der Waals surface area contributed by atoms with Crippen LogP contribution in [0.3, 0.4) is 0 Å². The summed E-state index contributed by atoms with van der Waals surface area (Å²) in [6, 6.07) is 5.53. The highest BCUT2D eigenvalue weighted by atomic mass is 35.5. The Morgan fingerprint density at radius 3 is 2.68 bits per heavy atom. The van der Waals surface area contributed by atoms with Gasteiger partial charge in [-0.1, -0.05) is 29.3 Å². The molecule has 0 N–H and O–H groups in total. The third-order valence-corrected chi connectivity index (χ3v) is 3.56. The van der Waals surface area contributed by atoms with Crippen molar-refractivity contribution in [2.75, 3.05) is 13.2 Å². The van der Waals surface area contributed by atoms with Crippen LogP contribution in [-0.4, -0.2) is 19.5 Å². The van der Waals surface area contributed by atoms with Gasteiger partial charge in [0.1, 0.15) is 0 Å². The Balaban J connectivity index is 1.90. The molecule has 0 spiro atoms. The molecule has 4 heteroatoms. The third-order valence-electron chi connectivity index (χ3n) is 3.13. The first-order chi connectivity index (χ1) is 9.15.